The summed E-state index contributed by atoms with van der Waals surface area (Å²) in [7, 11) is 0. The van der Waals surface area contributed by atoms with Crippen LogP contribution in [-0.4, -0.2) is 100 Å². The molecule has 83 heavy (non-hydrogen) atoms. The van der Waals surface area contributed by atoms with E-state index in [2.05, 4.69) is 67.8 Å². The van der Waals surface area contributed by atoms with E-state index in [0.29, 0.717) is 19.4 Å². The maximum atomic E-state index is 13.0. The number of ether oxygens (including phenoxy) is 3. The maximum Gasteiger partial charge on any atom is 0.305 e. The van der Waals surface area contributed by atoms with Crippen LogP contribution in [0.3, 0.4) is 0 Å². The normalized spacial score (nSPS) is 18.5. The smallest absolute Gasteiger partial charge is 0.305 e. The Bertz CT molecular complexity index is 1560. The van der Waals surface area contributed by atoms with Crippen LogP contribution in [0, 0.1) is 0 Å². The lowest BCUT2D eigenvalue weighted by atomic mass is 9.99. The zero-order valence-corrected chi connectivity index (χ0v) is 53.7. The van der Waals surface area contributed by atoms with E-state index in [0.717, 1.165) is 77.0 Å². The highest BCUT2D eigenvalue weighted by atomic mass is 16.7. The Morgan fingerprint density at radius 3 is 1.31 bits per heavy atom. The lowest BCUT2D eigenvalue weighted by Crippen LogP contribution is -2.60. The van der Waals surface area contributed by atoms with Gasteiger partial charge in [-0.15, -0.1) is 0 Å². The molecule has 0 aromatic heterocycles. The first-order valence-corrected chi connectivity index (χ1v) is 35.1. The van der Waals surface area contributed by atoms with Crippen molar-refractivity contribution in [2.24, 2.45) is 0 Å². The van der Waals surface area contributed by atoms with Gasteiger partial charge < -0.3 is 45.1 Å². The average molecular weight is 1170 g/mol. The van der Waals surface area contributed by atoms with Crippen molar-refractivity contribution in [2.75, 3.05) is 19.8 Å². The number of allylic oxidation sites excluding steroid dienone is 9. The van der Waals surface area contributed by atoms with Gasteiger partial charge in [0.25, 0.3) is 0 Å². The first-order chi connectivity index (χ1) is 40.7. The van der Waals surface area contributed by atoms with Crippen LogP contribution in [0.2, 0.25) is 0 Å². The number of aliphatic hydroxyl groups is 5. The van der Waals surface area contributed by atoms with Crippen molar-refractivity contribution >= 4 is 11.9 Å². The summed E-state index contributed by atoms with van der Waals surface area (Å²) < 4.78 is 16.7. The second-order valence-electron chi connectivity index (χ2n) is 24.2. The van der Waals surface area contributed by atoms with Crippen molar-refractivity contribution in [3.63, 3.8) is 0 Å². The highest BCUT2D eigenvalue weighted by Gasteiger charge is 2.44. The van der Waals surface area contributed by atoms with E-state index in [4.69, 9.17) is 14.2 Å². The lowest BCUT2D eigenvalue weighted by Gasteiger charge is -2.40. The Balaban J connectivity index is 1.95. The number of aliphatic hydroxyl groups excluding tert-OH is 5. The Morgan fingerprint density at radius 2 is 0.855 bits per heavy atom. The third kappa shape index (κ3) is 50.1. The molecule has 0 aromatic carbocycles. The molecule has 11 heteroatoms. The van der Waals surface area contributed by atoms with Crippen LogP contribution in [0.15, 0.2) is 60.8 Å². The van der Waals surface area contributed by atoms with Gasteiger partial charge in [0.05, 0.1) is 32.0 Å². The van der Waals surface area contributed by atoms with Gasteiger partial charge in [-0.05, 0) is 83.5 Å². The minimum Gasteiger partial charge on any atom is -0.466 e. The molecule has 1 aliphatic rings. The molecule has 6 N–H and O–H groups in total. The van der Waals surface area contributed by atoms with Crippen molar-refractivity contribution in [1.82, 2.24) is 5.32 Å². The molecular formula is C72H131NO10. The second-order valence-corrected chi connectivity index (χ2v) is 24.2. The van der Waals surface area contributed by atoms with Crippen molar-refractivity contribution in [3.05, 3.63) is 60.8 Å². The molecule has 0 aliphatic carbocycles. The van der Waals surface area contributed by atoms with E-state index in [1.54, 1.807) is 6.08 Å². The Labute approximate surface area is 509 Å². The molecule has 1 heterocycles. The van der Waals surface area contributed by atoms with Gasteiger partial charge in [-0.1, -0.05) is 286 Å². The fourth-order valence-electron chi connectivity index (χ4n) is 10.9. The summed E-state index contributed by atoms with van der Waals surface area (Å²) in [5.41, 5.74) is 0. The first kappa shape index (κ1) is 78.4. The molecular weight excluding hydrogens is 1040 g/mol. The zero-order valence-electron chi connectivity index (χ0n) is 53.7. The third-order valence-electron chi connectivity index (χ3n) is 16.3. The first-order valence-electron chi connectivity index (χ1n) is 35.1. The summed E-state index contributed by atoms with van der Waals surface area (Å²) in [5, 5.41) is 54.3. The summed E-state index contributed by atoms with van der Waals surface area (Å²) in [6, 6.07) is -0.835. The highest BCUT2D eigenvalue weighted by Crippen LogP contribution is 2.23. The van der Waals surface area contributed by atoms with Crippen molar-refractivity contribution in [3.8, 4) is 0 Å². The van der Waals surface area contributed by atoms with Gasteiger partial charge in [-0.3, -0.25) is 9.59 Å². The molecule has 484 valence electrons. The molecule has 0 aromatic rings. The Morgan fingerprint density at radius 1 is 0.458 bits per heavy atom. The van der Waals surface area contributed by atoms with Crippen LogP contribution in [0.4, 0.5) is 0 Å². The molecule has 7 atom stereocenters. The van der Waals surface area contributed by atoms with Crippen molar-refractivity contribution in [2.45, 2.75) is 365 Å². The number of amides is 1. The predicted octanol–water partition coefficient (Wildman–Crippen LogP) is 17.7. The average Bonchev–Trinajstić information content (AvgIpc) is 3.69. The molecule has 0 radical (unpaired) electrons. The molecule has 0 bridgehead atoms. The summed E-state index contributed by atoms with van der Waals surface area (Å²) >= 11 is 0. The number of carbonyl (C=O) groups excluding carboxylic acids is 2. The topological polar surface area (TPSA) is 175 Å². The third-order valence-corrected chi connectivity index (χ3v) is 16.3. The minimum atomic E-state index is -1.58. The van der Waals surface area contributed by atoms with Crippen LogP contribution in [0.1, 0.15) is 322 Å². The molecule has 0 spiro atoms. The highest BCUT2D eigenvalue weighted by molar-refractivity contribution is 5.76. The number of hydrogen-bond acceptors (Lipinski definition) is 10. The van der Waals surface area contributed by atoms with E-state index in [9.17, 15) is 35.1 Å². The molecule has 0 saturated carbocycles. The number of carbonyl (C=O) groups is 2. The van der Waals surface area contributed by atoms with E-state index in [1.807, 2.05) is 6.08 Å². The number of unbranched alkanes of at least 4 members (excludes halogenated alkanes) is 39. The Kier molecular flexibility index (Phi) is 57.6. The van der Waals surface area contributed by atoms with Crippen LogP contribution in [0.5, 0.6) is 0 Å². The molecule has 1 saturated heterocycles. The summed E-state index contributed by atoms with van der Waals surface area (Å²) in [4.78, 5) is 25.1. The van der Waals surface area contributed by atoms with E-state index < -0.39 is 49.5 Å². The van der Waals surface area contributed by atoms with Gasteiger partial charge in [0.1, 0.15) is 24.4 Å². The molecule has 1 aliphatic heterocycles. The molecule has 1 fully saturated rings. The van der Waals surface area contributed by atoms with Gasteiger partial charge in [0.15, 0.2) is 6.29 Å². The van der Waals surface area contributed by atoms with Gasteiger partial charge in [-0.2, -0.15) is 0 Å². The van der Waals surface area contributed by atoms with Crippen molar-refractivity contribution in [1.29, 1.82) is 0 Å². The summed E-state index contributed by atoms with van der Waals surface area (Å²) in [6.07, 6.45) is 70.9. The molecule has 11 nitrogen and oxygen atoms in total. The largest absolute Gasteiger partial charge is 0.466 e. The van der Waals surface area contributed by atoms with Crippen LogP contribution in [0.25, 0.3) is 0 Å². The van der Waals surface area contributed by atoms with Gasteiger partial charge in [-0.25, -0.2) is 0 Å². The summed E-state index contributed by atoms with van der Waals surface area (Å²) in [6.45, 7) is 4.22. The van der Waals surface area contributed by atoms with Gasteiger partial charge in [0.2, 0.25) is 5.91 Å². The SMILES string of the molecule is CC/C=C/CC/C=C/CC/C=C/C(O)C(COC1OC(CO)C(O)C(O)C1O)NC(=O)CCCCCCCCCCCCCCC/C=C\C/C=C\CCCCCCCCCCCOC(=O)CCCCCCCCCCCCCCCCCC. The number of hydrogen-bond donors (Lipinski definition) is 6. The Hall–Kier alpha value is -2.64. The maximum absolute atomic E-state index is 13.0. The van der Waals surface area contributed by atoms with Crippen LogP contribution >= 0.6 is 0 Å². The standard InChI is InChI=1S/C72H131NO10/c1-3-5-7-9-11-13-15-16-17-34-37-40-44-48-52-56-60-68(77)81-61-57-53-49-45-41-38-35-32-30-28-26-24-22-20-18-19-21-23-25-27-29-31-33-36-39-43-47-51-55-59-67(76)73-64(63-82-72-71(80)70(79)69(78)66(62-74)83-72)65(75)58-54-50-46-42-14-12-10-8-6-4-2/h6,8,14,18,20,24,26,42,54,58,64-66,69-72,74-75,78-80H,3-5,7,9-13,15-17,19,21-23,25,27-41,43-53,55-57,59-63H2,1-2H3,(H,73,76)/b8-6+,20-18-,26-24-,42-14+,58-54+. The fraction of sp³-hybridized carbons (Fsp3) is 0.833. The van der Waals surface area contributed by atoms with Gasteiger partial charge in [0, 0.05) is 12.8 Å². The number of esters is 1. The lowest BCUT2D eigenvalue weighted by molar-refractivity contribution is -0.302. The summed E-state index contributed by atoms with van der Waals surface area (Å²) in [5.74, 6) is -0.194. The van der Waals surface area contributed by atoms with Crippen LogP contribution < -0.4 is 5.32 Å². The van der Waals surface area contributed by atoms with Crippen molar-refractivity contribution < 1.29 is 49.3 Å². The molecule has 1 amide bonds. The minimum absolute atomic E-state index is 0.00610. The van der Waals surface area contributed by atoms with E-state index >= 15 is 0 Å². The molecule has 7 unspecified atom stereocenters. The second kappa shape index (κ2) is 61.0. The fourth-order valence-corrected chi connectivity index (χ4v) is 10.9. The predicted molar refractivity (Wildman–Crippen MR) is 347 cm³/mol. The van der Waals surface area contributed by atoms with Gasteiger partial charge >= 0.3 is 5.97 Å². The zero-order chi connectivity index (χ0) is 60.2. The number of rotatable bonds is 61. The molecule has 1 rings (SSSR count). The number of nitrogens with one attached hydrogen (secondary N) is 1. The quantitative estimate of drug-likeness (QED) is 0.0195. The van der Waals surface area contributed by atoms with E-state index in [1.165, 1.54) is 218 Å². The monoisotopic (exact) mass is 1170 g/mol. The van der Waals surface area contributed by atoms with E-state index in [-0.39, 0.29) is 18.5 Å². The van der Waals surface area contributed by atoms with Crippen LogP contribution in [-0.2, 0) is 23.8 Å².